The van der Waals surface area contributed by atoms with E-state index in [4.69, 9.17) is 9.47 Å². The second-order valence-electron chi connectivity index (χ2n) is 6.14. The van der Waals surface area contributed by atoms with Crippen molar-refractivity contribution in [2.45, 2.75) is 12.5 Å². The first-order chi connectivity index (χ1) is 11.6. The average Bonchev–Trinajstić information content (AvgIpc) is 2.83. The third-order valence-corrected chi connectivity index (χ3v) is 4.37. The third-order valence-electron chi connectivity index (χ3n) is 4.37. The Morgan fingerprint density at radius 3 is 2.67 bits per heavy atom. The van der Waals surface area contributed by atoms with Gasteiger partial charge in [0.25, 0.3) is 5.91 Å². The van der Waals surface area contributed by atoms with E-state index in [1.165, 1.54) is 6.07 Å². The van der Waals surface area contributed by atoms with Crippen LogP contribution in [0.1, 0.15) is 16.8 Å². The summed E-state index contributed by atoms with van der Waals surface area (Å²) in [5.41, 5.74) is 0.168. The molecule has 2 aliphatic heterocycles. The highest BCUT2D eigenvalue weighted by molar-refractivity contribution is 5.94. The zero-order chi connectivity index (χ0) is 16.9. The number of carbonyl (C=O) groups is 1. The number of nitrogens with zero attached hydrogens (tertiary/aromatic N) is 2. The fourth-order valence-corrected chi connectivity index (χ4v) is 3.07. The predicted molar refractivity (Wildman–Crippen MR) is 83.9 cm³/mol. The van der Waals surface area contributed by atoms with Crippen LogP contribution in [0.3, 0.4) is 0 Å². The molecule has 1 aromatic rings. The summed E-state index contributed by atoms with van der Waals surface area (Å²) >= 11 is 0. The molecule has 1 aromatic carbocycles. The van der Waals surface area contributed by atoms with Gasteiger partial charge in [-0.3, -0.25) is 9.69 Å². The van der Waals surface area contributed by atoms with Gasteiger partial charge in [-0.25, -0.2) is 8.78 Å². The molecule has 1 atom stereocenters. The van der Waals surface area contributed by atoms with Gasteiger partial charge in [0.2, 0.25) is 0 Å². The van der Waals surface area contributed by atoms with Crippen molar-refractivity contribution in [3.8, 4) is 0 Å². The van der Waals surface area contributed by atoms with Crippen molar-refractivity contribution in [3.05, 3.63) is 35.4 Å². The van der Waals surface area contributed by atoms with Crippen molar-refractivity contribution in [1.29, 1.82) is 0 Å². The van der Waals surface area contributed by atoms with Gasteiger partial charge in [0.05, 0.1) is 19.3 Å². The molecule has 2 saturated heterocycles. The molecular weight excluding hydrogens is 318 g/mol. The molecule has 24 heavy (non-hydrogen) atoms. The molecule has 3 rings (SSSR count). The third kappa shape index (κ3) is 4.28. The van der Waals surface area contributed by atoms with Gasteiger partial charge in [0.1, 0.15) is 0 Å². The normalized spacial score (nSPS) is 23.1. The number of halogens is 2. The van der Waals surface area contributed by atoms with Gasteiger partial charge < -0.3 is 14.4 Å². The lowest BCUT2D eigenvalue weighted by Gasteiger charge is -2.31. The van der Waals surface area contributed by atoms with E-state index >= 15 is 0 Å². The summed E-state index contributed by atoms with van der Waals surface area (Å²) in [5.74, 6) is -2.24. The van der Waals surface area contributed by atoms with E-state index in [0.29, 0.717) is 32.9 Å². The minimum atomic E-state index is -1.00. The van der Waals surface area contributed by atoms with Crippen LogP contribution in [-0.4, -0.2) is 74.4 Å². The molecule has 2 aliphatic rings. The van der Waals surface area contributed by atoms with Crippen molar-refractivity contribution in [2.75, 3.05) is 52.5 Å². The highest BCUT2D eigenvalue weighted by Crippen LogP contribution is 2.15. The predicted octanol–water partition coefficient (Wildman–Crippen LogP) is 1.53. The summed E-state index contributed by atoms with van der Waals surface area (Å²) in [6.45, 7) is 5.48. The monoisotopic (exact) mass is 340 g/mol. The molecule has 0 unspecified atom stereocenters. The number of ether oxygens (including phenoxy) is 2. The second-order valence-corrected chi connectivity index (χ2v) is 6.14. The minimum absolute atomic E-state index is 0.0835. The zero-order valence-electron chi connectivity index (χ0n) is 13.5. The number of morpholine rings is 1. The lowest BCUT2D eigenvalue weighted by Crippen LogP contribution is -2.45. The molecule has 2 heterocycles. The van der Waals surface area contributed by atoms with E-state index in [1.54, 1.807) is 4.90 Å². The van der Waals surface area contributed by atoms with Crippen molar-refractivity contribution >= 4 is 5.91 Å². The van der Waals surface area contributed by atoms with E-state index in [-0.39, 0.29) is 17.6 Å². The van der Waals surface area contributed by atoms with Gasteiger partial charge >= 0.3 is 0 Å². The minimum Gasteiger partial charge on any atom is -0.379 e. The Bertz CT molecular complexity index is 579. The van der Waals surface area contributed by atoms with Gasteiger partial charge in [0, 0.05) is 44.9 Å². The number of amides is 1. The van der Waals surface area contributed by atoms with Gasteiger partial charge in [-0.05, 0) is 24.6 Å². The van der Waals surface area contributed by atoms with Crippen molar-refractivity contribution in [2.24, 2.45) is 0 Å². The fraction of sp³-hybridized carbons (Fsp3) is 0.588. The van der Waals surface area contributed by atoms with E-state index in [0.717, 1.165) is 38.2 Å². The Labute approximate surface area is 140 Å². The summed E-state index contributed by atoms with van der Waals surface area (Å²) < 4.78 is 37.6. The first-order valence-electron chi connectivity index (χ1n) is 8.29. The molecule has 0 aromatic heterocycles. The van der Waals surface area contributed by atoms with Crippen LogP contribution in [0.4, 0.5) is 8.78 Å². The molecule has 0 aliphatic carbocycles. The van der Waals surface area contributed by atoms with Gasteiger partial charge in [-0.1, -0.05) is 0 Å². The topological polar surface area (TPSA) is 42.0 Å². The largest absolute Gasteiger partial charge is 0.379 e. The molecule has 5 nitrogen and oxygen atoms in total. The summed E-state index contributed by atoms with van der Waals surface area (Å²) in [6.07, 6.45) is 0.648. The molecule has 0 N–H and O–H groups in total. The molecule has 7 heteroatoms. The fourth-order valence-electron chi connectivity index (χ4n) is 3.07. The quantitative estimate of drug-likeness (QED) is 0.837. The van der Waals surface area contributed by atoms with E-state index in [1.807, 2.05) is 0 Å². The maximum atomic E-state index is 13.4. The van der Waals surface area contributed by atoms with E-state index < -0.39 is 11.6 Å². The Morgan fingerprint density at radius 2 is 1.92 bits per heavy atom. The Kier molecular flexibility index (Phi) is 5.76. The van der Waals surface area contributed by atoms with Gasteiger partial charge in [0.15, 0.2) is 11.6 Å². The highest BCUT2D eigenvalue weighted by Gasteiger charge is 2.26. The Morgan fingerprint density at radius 1 is 1.12 bits per heavy atom. The lowest BCUT2D eigenvalue weighted by molar-refractivity contribution is -0.0112. The molecule has 2 fully saturated rings. The lowest BCUT2D eigenvalue weighted by atomic mass is 10.1. The number of hydrogen-bond acceptors (Lipinski definition) is 4. The number of hydrogen-bond donors (Lipinski definition) is 0. The maximum Gasteiger partial charge on any atom is 0.254 e. The number of carbonyl (C=O) groups excluding carboxylic acids is 1. The van der Waals surface area contributed by atoms with Gasteiger partial charge in [-0.2, -0.15) is 0 Å². The van der Waals surface area contributed by atoms with E-state index in [2.05, 4.69) is 4.90 Å². The molecule has 0 bridgehead atoms. The summed E-state index contributed by atoms with van der Waals surface area (Å²) in [5, 5.41) is 0. The summed E-state index contributed by atoms with van der Waals surface area (Å²) in [6, 6.07) is 3.27. The van der Waals surface area contributed by atoms with Crippen molar-refractivity contribution in [1.82, 2.24) is 9.80 Å². The first-order valence-corrected chi connectivity index (χ1v) is 8.29. The standard InChI is InChI=1S/C17H22F2N2O3/c18-15-3-2-13(10-16(15)19)17(22)21-4-1-7-24-14(12-21)11-20-5-8-23-9-6-20/h2-3,10,14H,1,4-9,11-12H2/t14-/m1/s1. The molecule has 0 spiro atoms. The van der Waals surface area contributed by atoms with Gasteiger partial charge in [-0.15, -0.1) is 0 Å². The Balaban J connectivity index is 1.64. The van der Waals surface area contributed by atoms with Crippen molar-refractivity contribution < 1.29 is 23.0 Å². The van der Waals surface area contributed by atoms with Crippen LogP contribution in [0.5, 0.6) is 0 Å². The van der Waals surface area contributed by atoms with Crippen LogP contribution in [0.2, 0.25) is 0 Å². The Hall–Kier alpha value is -1.57. The maximum absolute atomic E-state index is 13.4. The smallest absolute Gasteiger partial charge is 0.254 e. The molecule has 0 radical (unpaired) electrons. The summed E-state index contributed by atoms with van der Waals surface area (Å²) in [7, 11) is 0. The van der Waals surface area contributed by atoms with Crippen LogP contribution in [0.25, 0.3) is 0 Å². The van der Waals surface area contributed by atoms with Crippen LogP contribution < -0.4 is 0 Å². The van der Waals surface area contributed by atoms with Crippen LogP contribution in [-0.2, 0) is 9.47 Å². The highest BCUT2D eigenvalue weighted by atomic mass is 19.2. The van der Waals surface area contributed by atoms with E-state index in [9.17, 15) is 13.6 Å². The first kappa shape index (κ1) is 17.3. The van der Waals surface area contributed by atoms with Crippen LogP contribution in [0.15, 0.2) is 18.2 Å². The molecule has 1 amide bonds. The average molecular weight is 340 g/mol. The molecule has 0 saturated carbocycles. The summed E-state index contributed by atoms with van der Waals surface area (Å²) in [4.78, 5) is 16.5. The molecule has 132 valence electrons. The van der Waals surface area contributed by atoms with Crippen molar-refractivity contribution in [3.63, 3.8) is 0 Å². The number of benzene rings is 1. The SMILES string of the molecule is O=C(c1ccc(F)c(F)c1)N1CCCO[C@H](CN2CCOCC2)C1. The second kappa shape index (κ2) is 8.00. The zero-order valence-corrected chi connectivity index (χ0v) is 13.5. The molecular formula is C17H22F2N2O3. The van der Waals surface area contributed by atoms with Crippen LogP contribution >= 0.6 is 0 Å². The number of rotatable bonds is 3. The van der Waals surface area contributed by atoms with Crippen LogP contribution in [0, 0.1) is 11.6 Å².